The number of halogens is 1. The normalized spacial score (nSPS) is 23.6. The number of anilines is 1. The molecule has 25 heavy (non-hydrogen) atoms. The van der Waals surface area contributed by atoms with Crippen LogP contribution in [0.5, 0.6) is 0 Å². The van der Waals surface area contributed by atoms with Crippen LogP contribution in [0.4, 0.5) is 10.1 Å². The minimum atomic E-state index is -2.98. The quantitative estimate of drug-likeness (QED) is 0.752. The van der Waals surface area contributed by atoms with Crippen LogP contribution in [0.25, 0.3) is 0 Å². The Morgan fingerprint density at radius 1 is 1.28 bits per heavy atom. The number of hydrogen-bond acceptors (Lipinski definition) is 4. The third-order valence-electron chi connectivity index (χ3n) is 5.21. The molecule has 0 spiro atoms. The number of piperazine rings is 1. The number of rotatable bonds is 4. The lowest BCUT2D eigenvalue weighted by Crippen LogP contribution is -3.16. The fourth-order valence-corrected chi connectivity index (χ4v) is 5.31. The molecule has 2 aliphatic heterocycles. The molecular weight excluding hydrogens is 345 g/mol. The molecule has 1 aromatic rings. The van der Waals surface area contributed by atoms with Gasteiger partial charge in [0, 0.05) is 18.8 Å². The van der Waals surface area contributed by atoms with E-state index in [0.29, 0.717) is 13.0 Å². The van der Waals surface area contributed by atoms with Crippen molar-refractivity contribution in [2.75, 3.05) is 56.2 Å². The SMILES string of the molecule is CN(C(=O)C[NH+]1CCN(c2ccc(F)cc2)CC1)[C@@H]1CCS(=O)(=O)C1. The van der Waals surface area contributed by atoms with E-state index in [0.717, 1.165) is 31.9 Å². The molecule has 1 amide bonds. The molecule has 1 aromatic carbocycles. The summed E-state index contributed by atoms with van der Waals surface area (Å²) in [5.41, 5.74) is 1.00. The van der Waals surface area contributed by atoms with Gasteiger partial charge in [-0.05, 0) is 30.7 Å². The average molecular weight is 370 g/mol. The van der Waals surface area contributed by atoms with Crippen LogP contribution in [0.15, 0.2) is 24.3 Å². The van der Waals surface area contributed by atoms with Crippen LogP contribution < -0.4 is 9.80 Å². The molecule has 2 aliphatic rings. The Bertz CT molecular complexity index is 715. The van der Waals surface area contributed by atoms with E-state index in [1.54, 1.807) is 24.1 Å². The van der Waals surface area contributed by atoms with Gasteiger partial charge in [0.15, 0.2) is 16.4 Å². The van der Waals surface area contributed by atoms with Crippen molar-refractivity contribution in [2.24, 2.45) is 0 Å². The Morgan fingerprint density at radius 3 is 2.48 bits per heavy atom. The number of amides is 1. The molecule has 0 bridgehead atoms. The molecule has 2 fully saturated rings. The molecule has 0 aliphatic carbocycles. The molecule has 0 radical (unpaired) electrons. The molecule has 0 saturated carbocycles. The van der Waals surface area contributed by atoms with Gasteiger partial charge in [0.2, 0.25) is 0 Å². The highest BCUT2D eigenvalue weighted by Crippen LogP contribution is 2.16. The smallest absolute Gasteiger partial charge is 0.277 e. The van der Waals surface area contributed by atoms with E-state index in [2.05, 4.69) is 4.90 Å². The zero-order valence-electron chi connectivity index (χ0n) is 14.4. The van der Waals surface area contributed by atoms with Gasteiger partial charge >= 0.3 is 0 Å². The first-order chi connectivity index (χ1) is 11.8. The lowest BCUT2D eigenvalue weighted by Gasteiger charge is -2.34. The predicted molar refractivity (Wildman–Crippen MR) is 94.0 cm³/mol. The summed E-state index contributed by atoms with van der Waals surface area (Å²) < 4.78 is 36.2. The summed E-state index contributed by atoms with van der Waals surface area (Å²) in [6, 6.07) is 6.29. The van der Waals surface area contributed by atoms with E-state index >= 15 is 0 Å². The van der Waals surface area contributed by atoms with Gasteiger partial charge in [0.25, 0.3) is 5.91 Å². The van der Waals surface area contributed by atoms with Crippen LogP contribution in [0.3, 0.4) is 0 Å². The van der Waals surface area contributed by atoms with Crippen molar-refractivity contribution in [1.29, 1.82) is 0 Å². The van der Waals surface area contributed by atoms with Crippen LogP contribution in [-0.4, -0.2) is 76.5 Å². The van der Waals surface area contributed by atoms with Gasteiger partial charge in [-0.15, -0.1) is 0 Å². The summed E-state index contributed by atoms with van der Waals surface area (Å²) in [6.07, 6.45) is 0.540. The third-order valence-corrected chi connectivity index (χ3v) is 6.96. The Morgan fingerprint density at radius 2 is 1.92 bits per heavy atom. The van der Waals surface area contributed by atoms with Crippen molar-refractivity contribution in [1.82, 2.24) is 4.90 Å². The molecule has 0 aromatic heterocycles. The topological polar surface area (TPSA) is 62.1 Å². The van der Waals surface area contributed by atoms with Crippen molar-refractivity contribution in [2.45, 2.75) is 12.5 Å². The molecule has 6 nitrogen and oxygen atoms in total. The summed E-state index contributed by atoms with van der Waals surface area (Å²) in [4.78, 5) is 17.5. The predicted octanol–water partition coefficient (Wildman–Crippen LogP) is -0.824. The number of likely N-dealkylation sites (N-methyl/N-ethyl adjacent to an activating group) is 1. The maximum atomic E-state index is 13.0. The number of carbonyl (C=O) groups is 1. The minimum absolute atomic E-state index is 0.00679. The van der Waals surface area contributed by atoms with Gasteiger partial charge in [-0.1, -0.05) is 0 Å². The monoisotopic (exact) mass is 370 g/mol. The van der Waals surface area contributed by atoms with Gasteiger partial charge in [0.1, 0.15) is 5.82 Å². The number of quaternary nitrogens is 1. The maximum Gasteiger partial charge on any atom is 0.277 e. The molecular formula is C17H25FN3O3S+. The second-order valence-electron chi connectivity index (χ2n) is 6.95. The van der Waals surface area contributed by atoms with Crippen molar-refractivity contribution < 1.29 is 22.5 Å². The molecule has 0 unspecified atom stereocenters. The highest BCUT2D eigenvalue weighted by Gasteiger charge is 2.34. The fraction of sp³-hybridized carbons (Fsp3) is 0.588. The van der Waals surface area contributed by atoms with Gasteiger partial charge in [-0.25, -0.2) is 12.8 Å². The summed E-state index contributed by atoms with van der Waals surface area (Å²) in [5, 5.41) is 0. The minimum Gasteiger partial charge on any atom is -0.360 e. The Labute approximate surface area is 148 Å². The fourth-order valence-electron chi connectivity index (χ4n) is 3.53. The Kier molecular flexibility index (Phi) is 5.29. The Balaban J connectivity index is 1.48. The summed E-state index contributed by atoms with van der Waals surface area (Å²) in [5.74, 6) is 0.0319. The van der Waals surface area contributed by atoms with Crippen LogP contribution >= 0.6 is 0 Å². The number of hydrogen-bond donors (Lipinski definition) is 1. The van der Waals surface area contributed by atoms with E-state index in [9.17, 15) is 17.6 Å². The van der Waals surface area contributed by atoms with Crippen LogP contribution in [-0.2, 0) is 14.6 Å². The molecule has 1 N–H and O–H groups in total. The van der Waals surface area contributed by atoms with Crippen molar-refractivity contribution in [3.8, 4) is 0 Å². The number of sulfone groups is 1. The van der Waals surface area contributed by atoms with Crippen molar-refractivity contribution in [3.05, 3.63) is 30.1 Å². The van der Waals surface area contributed by atoms with E-state index in [1.165, 1.54) is 17.0 Å². The average Bonchev–Trinajstić information content (AvgIpc) is 2.95. The van der Waals surface area contributed by atoms with Gasteiger partial charge in [-0.2, -0.15) is 0 Å². The first-order valence-corrected chi connectivity index (χ1v) is 10.5. The number of nitrogens with one attached hydrogen (secondary N) is 1. The third kappa shape index (κ3) is 4.49. The highest BCUT2D eigenvalue weighted by molar-refractivity contribution is 7.91. The van der Waals surface area contributed by atoms with E-state index in [4.69, 9.17) is 0 Å². The first kappa shape index (κ1) is 18.1. The lowest BCUT2D eigenvalue weighted by atomic mass is 10.2. The van der Waals surface area contributed by atoms with E-state index in [-0.39, 0.29) is 29.3 Å². The van der Waals surface area contributed by atoms with E-state index in [1.807, 2.05) is 0 Å². The summed E-state index contributed by atoms with van der Waals surface area (Å²) >= 11 is 0. The molecule has 1 atom stereocenters. The molecule has 8 heteroatoms. The molecule has 3 rings (SSSR count). The number of nitrogens with zero attached hydrogens (tertiary/aromatic N) is 2. The maximum absolute atomic E-state index is 13.0. The van der Waals surface area contributed by atoms with Gasteiger partial charge in [0.05, 0.1) is 37.7 Å². The highest BCUT2D eigenvalue weighted by atomic mass is 32.2. The lowest BCUT2D eigenvalue weighted by molar-refractivity contribution is -0.892. The molecule has 138 valence electrons. The van der Waals surface area contributed by atoms with Crippen LogP contribution in [0.2, 0.25) is 0 Å². The number of benzene rings is 1. The summed E-state index contributed by atoms with van der Waals surface area (Å²) in [6.45, 7) is 3.69. The second-order valence-corrected chi connectivity index (χ2v) is 9.18. The standard InChI is InChI=1S/C17H24FN3O3S/c1-19(16-6-11-25(23,24)13-16)17(22)12-20-7-9-21(10-8-20)15-4-2-14(18)3-5-15/h2-5,16H,6-13H2,1H3/p+1/t16-/m1/s1. The van der Waals surface area contributed by atoms with E-state index < -0.39 is 9.84 Å². The van der Waals surface area contributed by atoms with Crippen molar-refractivity contribution in [3.63, 3.8) is 0 Å². The van der Waals surface area contributed by atoms with Crippen LogP contribution in [0, 0.1) is 5.82 Å². The zero-order chi connectivity index (χ0) is 18.0. The molecule has 2 saturated heterocycles. The Hall–Kier alpha value is -1.67. The molecule has 2 heterocycles. The van der Waals surface area contributed by atoms with Gasteiger partial charge in [-0.3, -0.25) is 4.79 Å². The second kappa shape index (κ2) is 7.29. The zero-order valence-corrected chi connectivity index (χ0v) is 15.3. The van der Waals surface area contributed by atoms with Crippen LogP contribution in [0.1, 0.15) is 6.42 Å². The van der Waals surface area contributed by atoms with Gasteiger partial charge < -0.3 is 14.7 Å². The first-order valence-electron chi connectivity index (χ1n) is 8.64. The summed E-state index contributed by atoms with van der Waals surface area (Å²) in [7, 11) is -1.27. The van der Waals surface area contributed by atoms with Crippen molar-refractivity contribution >= 4 is 21.4 Å². The largest absolute Gasteiger partial charge is 0.360 e. The number of carbonyl (C=O) groups excluding carboxylic acids is 1.